The molecule has 2 atom stereocenters. The number of nitrogens with two attached hydrogens (primary N) is 1. The van der Waals surface area contributed by atoms with E-state index in [4.69, 9.17) is 5.84 Å². The number of rotatable bonds is 0. The first-order chi connectivity index (χ1) is 6.34. The summed E-state index contributed by atoms with van der Waals surface area (Å²) in [5, 5.41) is 1.97. The minimum Gasteiger partial charge on any atom is -0.269 e. The summed E-state index contributed by atoms with van der Waals surface area (Å²) in [6.07, 6.45) is 1.31. The van der Waals surface area contributed by atoms with Crippen LogP contribution >= 0.6 is 0 Å². The molecule has 0 unspecified atom stereocenters. The van der Waals surface area contributed by atoms with Crippen LogP contribution in [0.5, 0.6) is 0 Å². The Labute approximate surface area is 78.3 Å². The lowest BCUT2D eigenvalue weighted by Crippen LogP contribution is -2.40. The van der Waals surface area contributed by atoms with Crippen LogP contribution in [0.4, 0.5) is 0 Å². The van der Waals surface area contributed by atoms with Gasteiger partial charge in [0.15, 0.2) is 0 Å². The average molecular weight is 174 g/mol. The summed E-state index contributed by atoms with van der Waals surface area (Å²) in [6, 6.07) is 8.80. The van der Waals surface area contributed by atoms with Gasteiger partial charge in [-0.2, -0.15) is 0 Å². The molecule has 68 valence electrons. The van der Waals surface area contributed by atoms with Crippen molar-refractivity contribution < 1.29 is 0 Å². The van der Waals surface area contributed by atoms with E-state index in [0.717, 1.165) is 13.1 Å². The Morgan fingerprint density at radius 2 is 1.62 bits per heavy atom. The first kappa shape index (κ1) is 7.54. The van der Waals surface area contributed by atoms with Crippen LogP contribution in [0.15, 0.2) is 24.3 Å². The summed E-state index contributed by atoms with van der Waals surface area (Å²) in [6.45, 7) is 2.07. The Morgan fingerprint density at radius 3 is 2.15 bits per heavy atom. The molecule has 3 rings (SSSR count). The van der Waals surface area contributed by atoms with E-state index in [9.17, 15) is 0 Å². The van der Waals surface area contributed by atoms with Gasteiger partial charge in [0.1, 0.15) is 0 Å². The maximum Gasteiger partial charge on any atom is 0.0198 e. The van der Waals surface area contributed by atoms with Crippen molar-refractivity contribution in [2.75, 3.05) is 13.1 Å². The molecular formula is C11H14N2. The van der Waals surface area contributed by atoms with Gasteiger partial charge in [-0.3, -0.25) is 5.84 Å². The SMILES string of the molecule is NN1C[C@H]2C[C@@H](C1)c1ccccc12. The third-order valence-corrected chi connectivity index (χ3v) is 3.35. The summed E-state index contributed by atoms with van der Waals surface area (Å²) < 4.78 is 0. The first-order valence-corrected chi connectivity index (χ1v) is 4.93. The number of fused-ring (bicyclic) bond motifs is 5. The minimum atomic E-state index is 0.694. The van der Waals surface area contributed by atoms with E-state index >= 15 is 0 Å². The molecule has 1 aliphatic carbocycles. The Bertz CT molecular complexity index is 300. The normalized spacial score (nSPS) is 31.8. The van der Waals surface area contributed by atoms with Gasteiger partial charge >= 0.3 is 0 Å². The third-order valence-electron chi connectivity index (χ3n) is 3.35. The predicted octanol–water partition coefficient (Wildman–Crippen LogP) is 1.45. The maximum absolute atomic E-state index is 5.87. The molecule has 1 heterocycles. The van der Waals surface area contributed by atoms with Gasteiger partial charge in [-0.25, -0.2) is 5.01 Å². The molecule has 1 aromatic carbocycles. The van der Waals surface area contributed by atoms with Gasteiger partial charge in [-0.15, -0.1) is 0 Å². The van der Waals surface area contributed by atoms with Crippen LogP contribution in [0.25, 0.3) is 0 Å². The maximum atomic E-state index is 5.87. The van der Waals surface area contributed by atoms with Crippen molar-refractivity contribution in [2.45, 2.75) is 18.3 Å². The van der Waals surface area contributed by atoms with Crippen molar-refractivity contribution in [3.05, 3.63) is 35.4 Å². The second-order valence-electron chi connectivity index (χ2n) is 4.21. The molecule has 1 aromatic rings. The van der Waals surface area contributed by atoms with Crippen molar-refractivity contribution in [2.24, 2.45) is 5.84 Å². The molecule has 0 spiro atoms. The standard InChI is InChI=1S/C11H14N2/c12-13-6-8-5-9(7-13)11-4-2-1-3-10(8)11/h1-4,8-9H,5-7,12H2/t8-,9+. The highest BCUT2D eigenvalue weighted by Gasteiger charge is 2.36. The molecule has 0 radical (unpaired) electrons. The van der Waals surface area contributed by atoms with Crippen molar-refractivity contribution in [3.63, 3.8) is 0 Å². The quantitative estimate of drug-likeness (QED) is 0.603. The van der Waals surface area contributed by atoms with Crippen molar-refractivity contribution >= 4 is 0 Å². The van der Waals surface area contributed by atoms with Crippen LogP contribution in [-0.2, 0) is 0 Å². The van der Waals surface area contributed by atoms with E-state index in [1.54, 1.807) is 11.1 Å². The molecule has 0 saturated carbocycles. The molecule has 2 N–H and O–H groups in total. The predicted molar refractivity (Wildman–Crippen MR) is 52.3 cm³/mol. The summed E-state index contributed by atoms with van der Waals surface area (Å²) >= 11 is 0. The van der Waals surface area contributed by atoms with Gasteiger partial charge < -0.3 is 0 Å². The Morgan fingerprint density at radius 1 is 1.08 bits per heavy atom. The minimum absolute atomic E-state index is 0.694. The van der Waals surface area contributed by atoms with Gasteiger partial charge in [0.05, 0.1) is 0 Å². The highest BCUT2D eigenvalue weighted by Crippen LogP contribution is 2.44. The van der Waals surface area contributed by atoms with E-state index in [1.807, 2.05) is 5.01 Å². The molecule has 1 saturated heterocycles. The number of nitrogens with zero attached hydrogens (tertiary/aromatic N) is 1. The van der Waals surface area contributed by atoms with E-state index in [0.29, 0.717) is 11.8 Å². The summed E-state index contributed by atoms with van der Waals surface area (Å²) in [5.74, 6) is 7.26. The molecule has 2 bridgehead atoms. The van der Waals surface area contributed by atoms with E-state index in [2.05, 4.69) is 24.3 Å². The summed E-state index contributed by atoms with van der Waals surface area (Å²) in [5.41, 5.74) is 3.08. The van der Waals surface area contributed by atoms with Gasteiger partial charge in [-0.05, 0) is 29.4 Å². The van der Waals surface area contributed by atoms with Crippen LogP contribution in [0.3, 0.4) is 0 Å². The lowest BCUT2D eigenvalue weighted by atomic mass is 9.97. The number of benzene rings is 1. The lowest BCUT2D eigenvalue weighted by Gasteiger charge is -2.27. The molecular weight excluding hydrogens is 160 g/mol. The van der Waals surface area contributed by atoms with Crippen molar-refractivity contribution in [1.29, 1.82) is 0 Å². The Hall–Kier alpha value is -0.860. The molecule has 1 aliphatic heterocycles. The fourth-order valence-electron chi connectivity index (χ4n) is 2.84. The molecule has 2 aliphatic rings. The lowest BCUT2D eigenvalue weighted by molar-refractivity contribution is 0.208. The molecule has 13 heavy (non-hydrogen) atoms. The third kappa shape index (κ3) is 1.02. The fourth-order valence-corrected chi connectivity index (χ4v) is 2.84. The van der Waals surface area contributed by atoms with Gasteiger partial charge in [0.2, 0.25) is 0 Å². The largest absolute Gasteiger partial charge is 0.269 e. The highest BCUT2D eigenvalue weighted by molar-refractivity contribution is 5.40. The van der Waals surface area contributed by atoms with Crippen molar-refractivity contribution in [1.82, 2.24) is 5.01 Å². The number of hydrogen-bond acceptors (Lipinski definition) is 2. The van der Waals surface area contributed by atoms with E-state index < -0.39 is 0 Å². The summed E-state index contributed by atoms with van der Waals surface area (Å²) in [4.78, 5) is 0. The highest BCUT2D eigenvalue weighted by atomic mass is 15.4. The number of hydrogen-bond donors (Lipinski definition) is 1. The summed E-state index contributed by atoms with van der Waals surface area (Å²) in [7, 11) is 0. The smallest absolute Gasteiger partial charge is 0.0198 e. The second kappa shape index (κ2) is 2.56. The van der Waals surface area contributed by atoms with Gasteiger partial charge in [-0.1, -0.05) is 24.3 Å². The molecule has 2 nitrogen and oxygen atoms in total. The fraction of sp³-hybridized carbons (Fsp3) is 0.455. The number of hydrazine groups is 1. The van der Waals surface area contributed by atoms with Crippen LogP contribution in [-0.4, -0.2) is 18.1 Å². The Kier molecular flexibility index (Phi) is 1.49. The first-order valence-electron chi connectivity index (χ1n) is 4.93. The zero-order chi connectivity index (χ0) is 8.84. The van der Waals surface area contributed by atoms with Crippen molar-refractivity contribution in [3.8, 4) is 0 Å². The number of piperidine rings is 1. The second-order valence-corrected chi connectivity index (χ2v) is 4.21. The van der Waals surface area contributed by atoms with Gasteiger partial charge in [0, 0.05) is 13.1 Å². The van der Waals surface area contributed by atoms with Crippen LogP contribution in [0.2, 0.25) is 0 Å². The topological polar surface area (TPSA) is 29.3 Å². The van der Waals surface area contributed by atoms with Crippen LogP contribution < -0.4 is 5.84 Å². The monoisotopic (exact) mass is 174 g/mol. The Balaban J connectivity index is 2.09. The zero-order valence-corrected chi connectivity index (χ0v) is 7.61. The van der Waals surface area contributed by atoms with Crippen LogP contribution in [0.1, 0.15) is 29.4 Å². The molecule has 0 amide bonds. The van der Waals surface area contributed by atoms with Crippen LogP contribution in [0, 0.1) is 0 Å². The zero-order valence-electron chi connectivity index (χ0n) is 7.61. The molecule has 0 aromatic heterocycles. The average Bonchev–Trinajstić information content (AvgIpc) is 2.41. The van der Waals surface area contributed by atoms with E-state index in [1.165, 1.54) is 6.42 Å². The molecule has 2 heteroatoms. The molecule has 1 fully saturated rings. The van der Waals surface area contributed by atoms with Gasteiger partial charge in [0.25, 0.3) is 0 Å². The van der Waals surface area contributed by atoms with E-state index in [-0.39, 0.29) is 0 Å².